The molecule has 0 aromatic heterocycles. The van der Waals surface area contributed by atoms with E-state index in [0.717, 1.165) is 6.42 Å². The summed E-state index contributed by atoms with van der Waals surface area (Å²) in [6, 6.07) is 0. The lowest BCUT2D eigenvalue weighted by atomic mass is 9.92. The fourth-order valence-corrected chi connectivity index (χ4v) is 4.14. The smallest absolute Gasteiger partial charge is 0.192 e. The monoisotopic (exact) mass is 342 g/mol. The van der Waals surface area contributed by atoms with E-state index < -0.39 is 16.4 Å². The van der Waals surface area contributed by atoms with E-state index in [2.05, 4.69) is 78.8 Å². The fourth-order valence-electron chi connectivity index (χ4n) is 2.01. The second-order valence-corrected chi connectivity index (χ2v) is 18.7. The van der Waals surface area contributed by atoms with Crippen LogP contribution in [0.25, 0.3) is 0 Å². The molecule has 0 spiro atoms. The second kappa shape index (κ2) is 8.14. The summed E-state index contributed by atoms with van der Waals surface area (Å²) >= 11 is 0. The molecule has 0 fully saturated rings. The molecule has 0 aliphatic carbocycles. The lowest BCUT2D eigenvalue weighted by Crippen LogP contribution is -2.47. The lowest BCUT2D eigenvalue weighted by Gasteiger charge is -2.42. The zero-order valence-corrected chi connectivity index (χ0v) is 18.5. The molecule has 0 radical (unpaired) electrons. The van der Waals surface area contributed by atoms with Gasteiger partial charge in [0, 0.05) is 18.9 Å². The minimum Gasteiger partial charge on any atom is -0.413 e. The van der Waals surface area contributed by atoms with Gasteiger partial charge in [-0.15, -0.1) is 11.5 Å². The van der Waals surface area contributed by atoms with Crippen molar-refractivity contribution >= 4 is 16.4 Å². The Bertz CT molecular complexity index is 394. The maximum absolute atomic E-state index is 9.61. The van der Waals surface area contributed by atoms with Gasteiger partial charge in [-0.05, 0) is 24.1 Å². The van der Waals surface area contributed by atoms with Gasteiger partial charge in [-0.1, -0.05) is 54.3 Å². The second-order valence-electron chi connectivity index (χ2n) is 9.24. The zero-order chi connectivity index (χ0) is 17.8. The number of hydrogen-bond acceptors (Lipinski definition) is 2. The molecule has 0 aromatic carbocycles. The molecule has 0 aliphatic rings. The number of hydrogen-bond donors (Lipinski definition) is 1. The highest BCUT2D eigenvalue weighted by atomic mass is 28.4. The van der Waals surface area contributed by atoms with Gasteiger partial charge < -0.3 is 9.53 Å². The van der Waals surface area contributed by atoms with Crippen molar-refractivity contribution in [3.63, 3.8) is 0 Å². The van der Waals surface area contributed by atoms with E-state index in [1.807, 2.05) is 0 Å². The molecule has 0 unspecified atom stereocenters. The summed E-state index contributed by atoms with van der Waals surface area (Å²) in [4.78, 5) is 0. The van der Waals surface area contributed by atoms with E-state index in [9.17, 15) is 5.11 Å². The Morgan fingerprint density at radius 2 is 1.50 bits per heavy atom. The summed E-state index contributed by atoms with van der Waals surface area (Å²) in [5.41, 5.74) is 3.44. The SMILES string of the molecule is C[C@H](CO)[C@@H](O[Si](C)(C)C(C)(C)C)[C@@H](C)CC#C[Si](C)(C)C. The molecule has 0 aliphatic heterocycles. The highest BCUT2D eigenvalue weighted by Crippen LogP contribution is 2.39. The van der Waals surface area contributed by atoms with Gasteiger partial charge in [0.2, 0.25) is 0 Å². The molecular formula is C18H38O2Si2. The minimum absolute atomic E-state index is 0.0850. The Morgan fingerprint density at radius 1 is 1.00 bits per heavy atom. The van der Waals surface area contributed by atoms with Crippen LogP contribution in [-0.4, -0.2) is 34.2 Å². The minimum atomic E-state index is -1.84. The van der Waals surface area contributed by atoms with Crippen molar-refractivity contribution in [1.29, 1.82) is 0 Å². The maximum Gasteiger partial charge on any atom is 0.192 e. The van der Waals surface area contributed by atoms with E-state index >= 15 is 0 Å². The van der Waals surface area contributed by atoms with Gasteiger partial charge in [-0.2, -0.15) is 0 Å². The molecular weight excluding hydrogens is 304 g/mol. The quantitative estimate of drug-likeness (QED) is 0.549. The lowest BCUT2D eigenvalue weighted by molar-refractivity contribution is 0.0473. The summed E-state index contributed by atoms with van der Waals surface area (Å²) < 4.78 is 6.62. The molecule has 0 heterocycles. The largest absolute Gasteiger partial charge is 0.413 e. The van der Waals surface area contributed by atoms with Crippen molar-refractivity contribution in [1.82, 2.24) is 0 Å². The van der Waals surface area contributed by atoms with Gasteiger partial charge in [-0.3, -0.25) is 0 Å². The number of aliphatic hydroxyl groups excluding tert-OH is 1. The average Bonchev–Trinajstić information content (AvgIpc) is 2.31. The zero-order valence-electron chi connectivity index (χ0n) is 16.5. The highest BCUT2D eigenvalue weighted by Gasteiger charge is 2.41. The molecule has 0 bridgehead atoms. The molecule has 0 saturated heterocycles. The van der Waals surface area contributed by atoms with E-state index in [-0.39, 0.29) is 23.7 Å². The van der Waals surface area contributed by atoms with Gasteiger partial charge in [0.15, 0.2) is 8.32 Å². The van der Waals surface area contributed by atoms with Crippen LogP contribution in [-0.2, 0) is 4.43 Å². The first kappa shape index (κ1) is 21.9. The van der Waals surface area contributed by atoms with Crippen LogP contribution in [0.2, 0.25) is 37.8 Å². The summed E-state index contributed by atoms with van der Waals surface area (Å²) in [7, 11) is -3.15. The Hall–Kier alpha value is -0.0862. The Balaban J connectivity index is 5.10. The topological polar surface area (TPSA) is 29.5 Å². The van der Waals surface area contributed by atoms with Crippen molar-refractivity contribution in [3.05, 3.63) is 0 Å². The predicted octanol–water partition coefficient (Wildman–Crippen LogP) is 4.91. The number of aliphatic hydroxyl groups is 1. The molecule has 0 amide bonds. The average molecular weight is 343 g/mol. The molecule has 130 valence electrons. The fraction of sp³-hybridized carbons (Fsp3) is 0.889. The van der Waals surface area contributed by atoms with Gasteiger partial charge in [0.05, 0.1) is 6.10 Å². The Kier molecular flexibility index (Phi) is 8.11. The first-order valence-corrected chi connectivity index (χ1v) is 14.9. The van der Waals surface area contributed by atoms with Gasteiger partial charge in [-0.25, -0.2) is 0 Å². The normalized spacial score (nSPS) is 17.4. The van der Waals surface area contributed by atoms with Crippen LogP contribution in [0.4, 0.5) is 0 Å². The molecule has 0 saturated carbocycles. The third kappa shape index (κ3) is 7.45. The summed E-state index contributed by atoms with van der Waals surface area (Å²) in [5, 5.41) is 9.80. The Labute approximate surface area is 141 Å². The van der Waals surface area contributed by atoms with Crippen LogP contribution >= 0.6 is 0 Å². The van der Waals surface area contributed by atoms with Crippen LogP contribution in [0.3, 0.4) is 0 Å². The van der Waals surface area contributed by atoms with E-state index in [4.69, 9.17) is 4.43 Å². The van der Waals surface area contributed by atoms with Crippen LogP contribution in [0.5, 0.6) is 0 Å². The van der Waals surface area contributed by atoms with Gasteiger partial charge in [0.1, 0.15) is 8.07 Å². The van der Waals surface area contributed by atoms with Crippen molar-refractivity contribution < 1.29 is 9.53 Å². The third-order valence-corrected chi connectivity index (χ3v) is 9.93. The van der Waals surface area contributed by atoms with Crippen molar-refractivity contribution in [2.24, 2.45) is 11.8 Å². The first-order valence-electron chi connectivity index (χ1n) is 8.50. The van der Waals surface area contributed by atoms with Gasteiger partial charge >= 0.3 is 0 Å². The standard InChI is InChI=1S/C18H38O2Si2/c1-15(12-11-13-21(6,7)8)17(16(2)14-19)20-22(9,10)18(3,4)5/h15-17,19H,12,14H2,1-10H3/t15-,16+,17-/m0/s1. The van der Waals surface area contributed by atoms with Crippen LogP contribution in [0, 0.1) is 23.3 Å². The van der Waals surface area contributed by atoms with Crippen molar-refractivity contribution in [2.75, 3.05) is 6.61 Å². The van der Waals surface area contributed by atoms with Crippen molar-refractivity contribution in [2.45, 2.75) is 84.9 Å². The third-order valence-electron chi connectivity index (χ3n) is 4.53. The van der Waals surface area contributed by atoms with Crippen LogP contribution in [0.15, 0.2) is 0 Å². The van der Waals surface area contributed by atoms with Gasteiger partial charge in [0.25, 0.3) is 0 Å². The highest BCUT2D eigenvalue weighted by molar-refractivity contribution is 6.83. The molecule has 4 heteroatoms. The molecule has 22 heavy (non-hydrogen) atoms. The molecule has 2 nitrogen and oxygen atoms in total. The Morgan fingerprint density at radius 3 is 1.86 bits per heavy atom. The van der Waals surface area contributed by atoms with Crippen LogP contribution in [0.1, 0.15) is 41.0 Å². The maximum atomic E-state index is 9.61. The molecule has 1 N–H and O–H groups in total. The first-order chi connectivity index (χ1) is 9.71. The van der Waals surface area contributed by atoms with Crippen molar-refractivity contribution in [3.8, 4) is 11.5 Å². The summed E-state index contributed by atoms with van der Waals surface area (Å²) in [5.74, 6) is 3.87. The number of rotatable bonds is 6. The molecule has 0 rings (SSSR count). The van der Waals surface area contributed by atoms with E-state index in [1.54, 1.807) is 0 Å². The summed E-state index contributed by atoms with van der Waals surface area (Å²) in [6.07, 6.45) is 0.940. The molecule has 0 aromatic rings. The summed E-state index contributed by atoms with van der Waals surface area (Å²) in [6.45, 7) is 22.6. The van der Waals surface area contributed by atoms with E-state index in [0.29, 0.717) is 5.92 Å². The molecule has 3 atom stereocenters. The predicted molar refractivity (Wildman–Crippen MR) is 103 cm³/mol. The van der Waals surface area contributed by atoms with Crippen LogP contribution < -0.4 is 0 Å². The van der Waals surface area contributed by atoms with E-state index in [1.165, 1.54) is 0 Å².